The summed E-state index contributed by atoms with van der Waals surface area (Å²) in [5.41, 5.74) is 2.27. The molecule has 1 aliphatic rings. The van der Waals surface area contributed by atoms with E-state index in [1.165, 1.54) is 11.1 Å². The number of amides is 2. The number of hydrogen-bond acceptors (Lipinski definition) is 6. The Morgan fingerprint density at radius 2 is 1.94 bits per heavy atom. The summed E-state index contributed by atoms with van der Waals surface area (Å²) in [6, 6.07) is 7.63. The number of carbonyl (C=O) groups excluding carboxylic acids is 1. The fourth-order valence-electron chi connectivity index (χ4n) is 4.48. The van der Waals surface area contributed by atoms with E-state index in [2.05, 4.69) is 26.7 Å². The highest BCUT2D eigenvalue weighted by Crippen LogP contribution is 2.26. The molecule has 4 rings (SSSR count). The number of hydrogen-bond donors (Lipinski definition) is 3. The van der Waals surface area contributed by atoms with Crippen molar-refractivity contribution >= 4 is 28.7 Å². The first-order valence-corrected chi connectivity index (χ1v) is 11.7. The average molecular weight is 476 g/mol. The van der Waals surface area contributed by atoms with Crippen LogP contribution in [0.15, 0.2) is 36.8 Å². The first-order chi connectivity index (χ1) is 16.8. The van der Waals surface area contributed by atoms with Crippen molar-refractivity contribution in [2.45, 2.75) is 57.7 Å². The lowest BCUT2D eigenvalue weighted by Gasteiger charge is -2.33. The molecule has 0 saturated heterocycles. The summed E-state index contributed by atoms with van der Waals surface area (Å²) in [6.07, 6.45) is 6.87. The molecular weight excluding hydrogens is 446 g/mol. The summed E-state index contributed by atoms with van der Waals surface area (Å²) >= 11 is 0. The molecule has 0 unspecified atom stereocenters. The third-order valence-electron chi connectivity index (χ3n) is 6.36. The van der Waals surface area contributed by atoms with Gasteiger partial charge in [-0.3, -0.25) is 9.36 Å². The topological polar surface area (TPSA) is 136 Å². The molecule has 0 aliphatic heterocycles. The summed E-state index contributed by atoms with van der Waals surface area (Å²) in [7, 11) is 1.59. The highest BCUT2D eigenvalue weighted by molar-refractivity contribution is 5.99. The molecule has 0 atom stereocenters. The maximum Gasteiger partial charge on any atom is 0.407 e. The predicted octanol–water partition coefficient (Wildman–Crippen LogP) is 3.76. The summed E-state index contributed by atoms with van der Waals surface area (Å²) in [6.45, 7) is 4.00. The number of nitrogens with one attached hydrogen (secondary N) is 2. The van der Waals surface area contributed by atoms with Crippen LogP contribution in [0.25, 0.3) is 16.9 Å². The van der Waals surface area contributed by atoms with E-state index in [4.69, 9.17) is 5.26 Å². The number of nitrogens with zero attached hydrogens (tertiary/aromatic N) is 5. The van der Waals surface area contributed by atoms with Crippen molar-refractivity contribution in [3.63, 3.8) is 0 Å². The Morgan fingerprint density at radius 3 is 2.60 bits per heavy atom. The molecule has 2 amide bonds. The zero-order valence-electron chi connectivity index (χ0n) is 20.0. The lowest BCUT2D eigenvalue weighted by molar-refractivity contribution is 0.0902. The van der Waals surface area contributed by atoms with Gasteiger partial charge in [0, 0.05) is 55.2 Å². The van der Waals surface area contributed by atoms with Crippen LogP contribution in [0.4, 0.5) is 10.5 Å². The number of anilines is 1. The lowest BCUT2D eigenvalue weighted by Crippen LogP contribution is -2.44. The van der Waals surface area contributed by atoms with Gasteiger partial charge in [-0.25, -0.2) is 14.8 Å². The summed E-state index contributed by atoms with van der Waals surface area (Å²) in [5, 5.41) is 25.6. The molecule has 3 heterocycles. The van der Waals surface area contributed by atoms with E-state index in [9.17, 15) is 14.7 Å². The summed E-state index contributed by atoms with van der Waals surface area (Å²) in [4.78, 5) is 34.7. The minimum atomic E-state index is -0.927. The molecule has 182 valence electrons. The molecule has 3 aromatic heterocycles. The molecule has 10 nitrogen and oxygen atoms in total. The quantitative estimate of drug-likeness (QED) is 0.494. The predicted molar refractivity (Wildman–Crippen MR) is 132 cm³/mol. The molecule has 0 radical (unpaired) electrons. The van der Waals surface area contributed by atoms with Crippen molar-refractivity contribution in [3.05, 3.63) is 47.9 Å². The molecule has 35 heavy (non-hydrogen) atoms. The van der Waals surface area contributed by atoms with E-state index in [0.717, 1.165) is 18.2 Å². The Morgan fingerprint density at radius 1 is 1.20 bits per heavy atom. The van der Waals surface area contributed by atoms with Gasteiger partial charge in [0.25, 0.3) is 5.91 Å². The summed E-state index contributed by atoms with van der Waals surface area (Å²) in [5.74, 6) is 0.394. The van der Waals surface area contributed by atoms with Gasteiger partial charge in [0.15, 0.2) is 0 Å². The number of carbonyl (C=O) groups is 2. The number of pyridine rings is 2. The first kappa shape index (κ1) is 24.0. The van der Waals surface area contributed by atoms with Crippen molar-refractivity contribution < 1.29 is 14.7 Å². The maximum absolute atomic E-state index is 13.2. The van der Waals surface area contributed by atoms with Gasteiger partial charge in [-0.2, -0.15) is 5.26 Å². The van der Waals surface area contributed by atoms with Gasteiger partial charge in [0.1, 0.15) is 17.5 Å². The maximum atomic E-state index is 13.2. The van der Waals surface area contributed by atoms with Gasteiger partial charge in [-0.05, 0) is 51.7 Å². The van der Waals surface area contributed by atoms with Crippen LogP contribution in [0.1, 0.15) is 55.5 Å². The monoisotopic (exact) mass is 475 g/mol. The molecule has 0 aromatic carbocycles. The Balaban J connectivity index is 1.54. The highest BCUT2D eigenvalue weighted by Gasteiger charge is 2.28. The van der Waals surface area contributed by atoms with Gasteiger partial charge < -0.3 is 20.6 Å². The third kappa shape index (κ3) is 5.19. The Labute approximate surface area is 203 Å². The Bertz CT molecular complexity index is 1290. The fourth-order valence-corrected chi connectivity index (χ4v) is 4.48. The molecule has 1 aliphatic carbocycles. The third-order valence-corrected chi connectivity index (χ3v) is 6.36. The average Bonchev–Trinajstić information content (AvgIpc) is 3.26. The van der Waals surface area contributed by atoms with Crippen LogP contribution in [0.2, 0.25) is 0 Å². The van der Waals surface area contributed by atoms with Crippen LogP contribution in [0.5, 0.6) is 0 Å². The van der Waals surface area contributed by atoms with Crippen LogP contribution in [-0.4, -0.2) is 61.7 Å². The second-order valence-corrected chi connectivity index (χ2v) is 9.19. The minimum absolute atomic E-state index is 0.0144. The number of carboxylic acid groups (broad SMARTS) is 1. The van der Waals surface area contributed by atoms with E-state index in [0.29, 0.717) is 41.1 Å². The van der Waals surface area contributed by atoms with Crippen molar-refractivity contribution in [3.8, 4) is 11.9 Å². The molecule has 1 fully saturated rings. The minimum Gasteiger partial charge on any atom is -0.465 e. The SMILES string of the molecule is CC(C)Nc1cc(-n2ccc3cc(C#N)cnc32)ncc1C(=O)NC1CCC(N(C)C(=O)O)CC1. The van der Waals surface area contributed by atoms with Gasteiger partial charge in [-0.1, -0.05) is 0 Å². The van der Waals surface area contributed by atoms with Crippen molar-refractivity contribution in [1.82, 2.24) is 24.8 Å². The molecule has 10 heteroatoms. The Kier molecular flexibility index (Phi) is 6.87. The largest absolute Gasteiger partial charge is 0.465 e. The van der Waals surface area contributed by atoms with Crippen LogP contribution >= 0.6 is 0 Å². The summed E-state index contributed by atoms with van der Waals surface area (Å²) < 4.78 is 1.82. The zero-order chi connectivity index (χ0) is 25.1. The van der Waals surface area contributed by atoms with E-state index in [-0.39, 0.29) is 24.0 Å². The smallest absolute Gasteiger partial charge is 0.407 e. The zero-order valence-corrected chi connectivity index (χ0v) is 20.0. The van der Waals surface area contributed by atoms with Crippen molar-refractivity contribution in [2.24, 2.45) is 0 Å². The number of nitriles is 1. The number of rotatable bonds is 6. The van der Waals surface area contributed by atoms with Gasteiger partial charge in [0.2, 0.25) is 0 Å². The van der Waals surface area contributed by atoms with Crippen LogP contribution < -0.4 is 10.6 Å². The standard InChI is InChI=1S/C25H29N7O3/c1-15(2)29-21-11-22(32-9-8-17-10-16(12-26)13-28-23(17)32)27-14-20(21)24(33)30-18-4-6-19(7-5-18)31(3)25(34)35/h8-11,13-15,18-19H,4-7H2,1-3H3,(H,27,29)(H,30,33)(H,34,35). The van der Waals surface area contributed by atoms with Gasteiger partial charge >= 0.3 is 6.09 Å². The first-order valence-electron chi connectivity index (χ1n) is 11.7. The highest BCUT2D eigenvalue weighted by atomic mass is 16.4. The van der Waals surface area contributed by atoms with Gasteiger partial charge in [0.05, 0.1) is 16.8 Å². The fraction of sp³-hybridized carbons (Fsp3) is 0.400. The van der Waals surface area contributed by atoms with Crippen LogP contribution in [0.3, 0.4) is 0 Å². The number of fused-ring (bicyclic) bond motifs is 1. The van der Waals surface area contributed by atoms with Crippen LogP contribution in [0, 0.1) is 11.3 Å². The van der Waals surface area contributed by atoms with E-state index >= 15 is 0 Å². The second-order valence-electron chi connectivity index (χ2n) is 9.19. The Hall–Kier alpha value is -4.13. The molecule has 0 bridgehead atoms. The molecule has 1 saturated carbocycles. The van der Waals surface area contributed by atoms with Crippen molar-refractivity contribution in [2.75, 3.05) is 12.4 Å². The van der Waals surface area contributed by atoms with Gasteiger partial charge in [-0.15, -0.1) is 0 Å². The second kappa shape index (κ2) is 10.0. The van der Waals surface area contributed by atoms with Crippen LogP contribution in [-0.2, 0) is 0 Å². The molecule has 0 spiro atoms. The van der Waals surface area contributed by atoms with Crippen molar-refractivity contribution in [1.29, 1.82) is 5.26 Å². The molecule has 3 aromatic rings. The normalized spacial score (nSPS) is 17.7. The number of aromatic nitrogens is 3. The van der Waals surface area contributed by atoms with E-state index in [1.54, 1.807) is 19.3 Å². The molecular formula is C25H29N7O3. The van der Waals surface area contributed by atoms with E-state index < -0.39 is 6.09 Å². The van der Waals surface area contributed by atoms with E-state index in [1.807, 2.05) is 36.7 Å². The lowest BCUT2D eigenvalue weighted by atomic mass is 9.90. The molecule has 3 N–H and O–H groups in total.